The predicted octanol–water partition coefficient (Wildman–Crippen LogP) is 4.50. The first kappa shape index (κ1) is 29.1. The van der Waals surface area contributed by atoms with Gasteiger partial charge in [-0.1, -0.05) is 78.1 Å². The molecule has 0 heterocycles. The molecule has 6 N–H and O–H groups in total. The molecule has 0 unspecified atom stereocenters. The summed E-state index contributed by atoms with van der Waals surface area (Å²) in [6.45, 7) is 4.56. The molecule has 0 aliphatic heterocycles. The number of rotatable bonds is 9. The molecule has 0 saturated carbocycles. The second kappa shape index (κ2) is 28.3. The van der Waals surface area contributed by atoms with E-state index in [1.807, 2.05) is 0 Å². The van der Waals surface area contributed by atoms with Gasteiger partial charge in [0.2, 0.25) is 0 Å². The Hall–Kier alpha value is 0.0683. The van der Waals surface area contributed by atoms with Crippen LogP contribution in [-0.4, -0.2) is 20.6 Å². The Bertz CT molecular complexity index is 191. The van der Waals surface area contributed by atoms with Crippen LogP contribution in [0.5, 0.6) is 0 Å². The zero-order valence-electron chi connectivity index (χ0n) is 13.3. The fourth-order valence-corrected chi connectivity index (χ4v) is 1.56. The summed E-state index contributed by atoms with van der Waals surface area (Å²) in [4.78, 5) is 0. The Morgan fingerprint density at radius 3 is 0.952 bits per heavy atom. The summed E-state index contributed by atoms with van der Waals surface area (Å²) in [7, 11) is 0. The van der Waals surface area contributed by atoms with Crippen molar-refractivity contribution in [3.8, 4) is 0 Å². The maximum Gasteiger partial charge on any atom is 0.251 e. The summed E-state index contributed by atoms with van der Waals surface area (Å²) in [5.74, 6) is 0. The maximum atomic E-state index is 7.56. The summed E-state index contributed by atoms with van der Waals surface area (Å²) < 4.78 is 0. The molecule has 7 heteroatoms. The van der Waals surface area contributed by atoms with Crippen LogP contribution in [0.4, 0.5) is 0 Å². The van der Waals surface area contributed by atoms with E-state index in [0.717, 1.165) is 0 Å². The Morgan fingerprint density at radius 2 is 0.810 bits per heavy atom. The molecular weight excluding hydrogens is 388 g/mol. The molecule has 0 amide bonds. The SMILES string of the molecule is CCCCCCCCCCCC.NC(O)=S.NC(O)=S.[Mo]. The largest absolute Gasteiger partial charge is 0.487 e. The zero-order valence-corrected chi connectivity index (χ0v) is 17.0. The van der Waals surface area contributed by atoms with Crippen LogP contribution in [0.25, 0.3) is 0 Å². The molecule has 0 aliphatic carbocycles. The Kier molecular flexibility index (Phi) is 39.2. The van der Waals surface area contributed by atoms with Crippen LogP contribution < -0.4 is 11.5 Å². The molecule has 4 nitrogen and oxygen atoms in total. The number of aliphatic hydroxyl groups is 2. The third-order valence-electron chi connectivity index (χ3n) is 2.46. The average molecular weight is 420 g/mol. The van der Waals surface area contributed by atoms with Crippen molar-refractivity contribution in [2.24, 2.45) is 11.5 Å². The van der Waals surface area contributed by atoms with Gasteiger partial charge in [0.25, 0.3) is 10.3 Å². The molecule has 0 radical (unpaired) electrons. The minimum Gasteiger partial charge on any atom is -0.487 e. The van der Waals surface area contributed by atoms with Crippen molar-refractivity contribution in [3.63, 3.8) is 0 Å². The second-order valence-corrected chi connectivity index (χ2v) is 5.34. The molecule has 0 atom stereocenters. The van der Waals surface area contributed by atoms with Crippen molar-refractivity contribution in [1.29, 1.82) is 0 Å². The fourth-order valence-electron chi connectivity index (χ4n) is 1.56. The van der Waals surface area contributed by atoms with Crippen molar-refractivity contribution in [2.45, 2.75) is 78.1 Å². The van der Waals surface area contributed by atoms with Gasteiger partial charge >= 0.3 is 0 Å². The number of hydrogen-bond donors (Lipinski definition) is 4. The van der Waals surface area contributed by atoms with Gasteiger partial charge in [0.05, 0.1) is 0 Å². The molecule has 0 bridgehead atoms. The van der Waals surface area contributed by atoms with Crippen molar-refractivity contribution in [1.82, 2.24) is 0 Å². The Labute approximate surface area is 155 Å². The van der Waals surface area contributed by atoms with Gasteiger partial charge in [0.15, 0.2) is 0 Å². The van der Waals surface area contributed by atoms with Crippen molar-refractivity contribution < 1.29 is 31.3 Å². The van der Waals surface area contributed by atoms with Crippen LogP contribution in [-0.2, 0) is 21.1 Å². The summed E-state index contributed by atoms with van der Waals surface area (Å²) in [5.41, 5.74) is 8.80. The second-order valence-electron chi connectivity index (χ2n) is 4.50. The van der Waals surface area contributed by atoms with E-state index in [9.17, 15) is 0 Å². The fraction of sp³-hybridized carbons (Fsp3) is 0.857. The van der Waals surface area contributed by atoms with Crippen LogP contribution >= 0.6 is 24.4 Å². The molecule has 0 aromatic carbocycles. The number of thiocarbonyl (C=S) groups is 2. The van der Waals surface area contributed by atoms with Gasteiger partial charge in [-0.05, 0) is 24.4 Å². The molecular formula is C14H32MoN2O2S2. The first-order valence-electron chi connectivity index (χ1n) is 7.35. The Balaban J connectivity index is -0.000000134. The summed E-state index contributed by atoms with van der Waals surface area (Å²) in [5, 5.41) is 14.1. The van der Waals surface area contributed by atoms with E-state index in [1.54, 1.807) is 0 Å². The van der Waals surface area contributed by atoms with E-state index in [1.165, 1.54) is 64.2 Å². The number of unbranched alkanes of at least 4 members (excludes halogenated alkanes) is 9. The minimum atomic E-state index is -0.500. The van der Waals surface area contributed by atoms with E-state index < -0.39 is 10.3 Å². The molecule has 21 heavy (non-hydrogen) atoms. The van der Waals surface area contributed by atoms with E-state index in [-0.39, 0.29) is 21.1 Å². The van der Waals surface area contributed by atoms with Crippen LogP contribution in [0.3, 0.4) is 0 Å². The summed E-state index contributed by atoms with van der Waals surface area (Å²) in [6, 6.07) is 0. The third-order valence-corrected chi connectivity index (χ3v) is 2.46. The van der Waals surface area contributed by atoms with E-state index in [4.69, 9.17) is 10.2 Å². The van der Waals surface area contributed by atoms with Gasteiger partial charge in [0, 0.05) is 21.1 Å². The van der Waals surface area contributed by atoms with Crippen LogP contribution in [0.2, 0.25) is 0 Å². The quantitative estimate of drug-likeness (QED) is 0.249. The standard InChI is InChI=1S/C12H26.2CH3NOS.Mo/c1-3-5-7-9-11-12-10-8-6-4-2;2*2-1(3)4;/h3-12H2,1-2H3;2*(H3,2,3,4);. The molecule has 0 saturated heterocycles. The van der Waals surface area contributed by atoms with Crippen LogP contribution in [0.15, 0.2) is 0 Å². The molecule has 0 fully saturated rings. The van der Waals surface area contributed by atoms with Crippen molar-refractivity contribution >= 4 is 34.8 Å². The normalized spacial score (nSPS) is 8.29. The van der Waals surface area contributed by atoms with Gasteiger partial charge in [0.1, 0.15) is 0 Å². The van der Waals surface area contributed by atoms with Crippen LogP contribution in [0, 0.1) is 0 Å². The molecule has 0 aliphatic rings. The maximum absolute atomic E-state index is 7.56. The first-order chi connectivity index (χ1) is 9.38. The summed E-state index contributed by atoms with van der Waals surface area (Å²) in [6.07, 6.45) is 14.4. The van der Waals surface area contributed by atoms with E-state index in [0.29, 0.717) is 0 Å². The first-order valence-corrected chi connectivity index (χ1v) is 8.16. The Morgan fingerprint density at radius 1 is 0.667 bits per heavy atom. The van der Waals surface area contributed by atoms with Gasteiger partial charge in [-0.3, -0.25) is 0 Å². The molecule has 128 valence electrons. The molecule has 0 rings (SSSR count). The van der Waals surface area contributed by atoms with Gasteiger partial charge in [-0.25, -0.2) is 0 Å². The van der Waals surface area contributed by atoms with Crippen LogP contribution in [0.1, 0.15) is 78.1 Å². The number of nitrogens with two attached hydrogens (primary N) is 2. The molecule has 0 spiro atoms. The van der Waals surface area contributed by atoms with Crippen molar-refractivity contribution in [2.75, 3.05) is 0 Å². The topological polar surface area (TPSA) is 92.5 Å². The average Bonchev–Trinajstić information content (AvgIpc) is 2.31. The minimum absolute atomic E-state index is 0. The van der Waals surface area contributed by atoms with Gasteiger partial charge in [-0.2, -0.15) is 0 Å². The molecule has 0 aromatic heterocycles. The number of aliphatic hydroxyl groups excluding tert-OH is 2. The van der Waals surface area contributed by atoms with E-state index in [2.05, 4.69) is 49.8 Å². The monoisotopic (exact) mass is 422 g/mol. The van der Waals surface area contributed by atoms with Gasteiger partial charge < -0.3 is 21.7 Å². The predicted molar refractivity (Wildman–Crippen MR) is 96.3 cm³/mol. The number of hydrogen-bond acceptors (Lipinski definition) is 2. The summed E-state index contributed by atoms with van der Waals surface area (Å²) >= 11 is 7.74. The van der Waals surface area contributed by atoms with Gasteiger partial charge in [-0.15, -0.1) is 0 Å². The van der Waals surface area contributed by atoms with E-state index >= 15 is 0 Å². The zero-order chi connectivity index (χ0) is 16.2. The molecule has 0 aromatic rings. The van der Waals surface area contributed by atoms with Crippen molar-refractivity contribution in [3.05, 3.63) is 0 Å². The third kappa shape index (κ3) is 79.7. The smallest absolute Gasteiger partial charge is 0.251 e.